The van der Waals surface area contributed by atoms with Crippen molar-refractivity contribution in [3.8, 4) is 0 Å². The Kier molecular flexibility index (Phi) is 7.87. The number of amides is 1. The summed E-state index contributed by atoms with van der Waals surface area (Å²) in [6.45, 7) is 3.05. The van der Waals surface area contributed by atoms with Crippen LogP contribution >= 0.6 is 12.4 Å². The first-order chi connectivity index (χ1) is 10.1. The van der Waals surface area contributed by atoms with E-state index in [1.807, 2.05) is 30.3 Å². The number of benzene rings is 1. The summed E-state index contributed by atoms with van der Waals surface area (Å²) in [5, 5.41) is 2.90. The predicted molar refractivity (Wildman–Crippen MR) is 91.1 cm³/mol. The predicted octanol–water partition coefficient (Wildman–Crippen LogP) is 2.75. The number of ether oxygens (including phenoxy) is 1. The average Bonchev–Trinajstić information content (AvgIpc) is 3.01. The Morgan fingerprint density at radius 3 is 2.59 bits per heavy atom. The molecule has 1 fully saturated rings. The molecular formula is C17H27ClN2O2. The second-order valence-electron chi connectivity index (χ2n) is 5.96. The first kappa shape index (κ1) is 18.9. The lowest BCUT2D eigenvalue weighted by Crippen LogP contribution is -2.49. The normalized spacial score (nSPS) is 17.5. The summed E-state index contributed by atoms with van der Waals surface area (Å²) in [6.07, 6.45) is 6.19. The van der Waals surface area contributed by atoms with E-state index in [9.17, 15) is 4.79 Å². The summed E-state index contributed by atoms with van der Waals surface area (Å²) in [6, 6.07) is 9.45. The first-order valence-corrected chi connectivity index (χ1v) is 7.85. The lowest BCUT2D eigenvalue weighted by molar-refractivity contribution is -0.126. The first-order valence-electron chi connectivity index (χ1n) is 7.85. The molecule has 1 unspecified atom stereocenters. The van der Waals surface area contributed by atoms with E-state index in [1.165, 1.54) is 25.7 Å². The van der Waals surface area contributed by atoms with E-state index in [4.69, 9.17) is 10.5 Å². The molecule has 0 aromatic heterocycles. The standard InChI is InChI=1S/C17H26N2O2.ClH/c1-17(18,14-8-3-2-4-9-14)16(20)19-12-7-13-21-15-10-5-6-11-15;/h2-4,8-9,15H,5-7,10-13,18H2,1H3,(H,19,20);1H. The molecule has 4 nitrogen and oxygen atoms in total. The second kappa shape index (κ2) is 9.13. The van der Waals surface area contributed by atoms with Gasteiger partial charge in [-0.25, -0.2) is 0 Å². The molecule has 124 valence electrons. The molecule has 1 aromatic carbocycles. The third-order valence-corrected chi connectivity index (χ3v) is 4.11. The zero-order valence-corrected chi connectivity index (χ0v) is 14.0. The minimum Gasteiger partial charge on any atom is -0.378 e. The van der Waals surface area contributed by atoms with Crippen LogP contribution in [0.25, 0.3) is 0 Å². The second-order valence-corrected chi connectivity index (χ2v) is 5.96. The van der Waals surface area contributed by atoms with E-state index < -0.39 is 5.54 Å². The maximum Gasteiger partial charge on any atom is 0.244 e. The number of nitrogens with one attached hydrogen (secondary N) is 1. The number of rotatable bonds is 7. The van der Waals surface area contributed by atoms with E-state index in [0.29, 0.717) is 19.3 Å². The number of carbonyl (C=O) groups is 1. The maximum absolute atomic E-state index is 12.2. The highest BCUT2D eigenvalue weighted by atomic mass is 35.5. The van der Waals surface area contributed by atoms with Crippen molar-refractivity contribution in [1.82, 2.24) is 5.32 Å². The molecule has 1 amide bonds. The number of hydrogen-bond donors (Lipinski definition) is 2. The Morgan fingerprint density at radius 2 is 1.95 bits per heavy atom. The van der Waals surface area contributed by atoms with E-state index in [0.717, 1.165) is 12.0 Å². The van der Waals surface area contributed by atoms with Gasteiger partial charge in [-0.3, -0.25) is 4.79 Å². The molecule has 1 aliphatic carbocycles. The van der Waals surface area contributed by atoms with Gasteiger partial charge in [0.25, 0.3) is 0 Å². The maximum atomic E-state index is 12.2. The Hall–Kier alpha value is -1.10. The van der Waals surface area contributed by atoms with Gasteiger partial charge in [0.05, 0.1) is 6.10 Å². The molecule has 0 radical (unpaired) electrons. The van der Waals surface area contributed by atoms with E-state index in [1.54, 1.807) is 6.92 Å². The van der Waals surface area contributed by atoms with Crippen LogP contribution in [0.5, 0.6) is 0 Å². The third-order valence-electron chi connectivity index (χ3n) is 4.11. The van der Waals surface area contributed by atoms with Crippen molar-refractivity contribution in [1.29, 1.82) is 0 Å². The molecule has 2 rings (SSSR count). The molecule has 1 saturated carbocycles. The number of hydrogen-bond acceptors (Lipinski definition) is 3. The fraction of sp³-hybridized carbons (Fsp3) is 0.588. The zero-order chi connectivity index (χ0) is 15.1. The van der Waals surface area contributed by atoms with Gasteiger partial charge in [0.15, 0.2) is 0 Å². The van der Waals surface area contributed by atoms with Gasteiger partial charge >= 0.3 is 0 Å². The van der Waals surface area contributed by atoms with Gasteiger partial charge in [-0.15, -0.1) is 12.4 Å². The molecule has 1 aliphatic rings. The molecule has 0 aliphatic heterocycles. The summed E-state index contributed by atoms with van der Waals surface area (Å²) in [5.74, 6) is -0.144. The lowest BCUT2D eigenvalue weighted by atomic mass is 9.92. The fourth-order valence-corrected chi connectivity index (χ4v) is 2.68. The van der Waals surface area contributed by atoms with Crippen molar-refractivity contribution >= 4 is 18.3 Å². The van der Waals surface area contributed by atoms with Gasteiger partial charge in [-0.2, -0.15) is 0 Å². The molecule has 0 heterocycles. The summed E-state index contributed by atoms with van der Waals surface area (Å²) in [4.78, 5) is 12.2. The number of halogens is 1. The molecular weight excluding hydrogens is 300 g/mol. The van der Waals surface area contributed by atoms with Crippen LogP contribution in [0.3, 0.4) is 0 Å². The third kappa shape index (κ3) is 5.27. The zero-order valence-electron chi connectivity index (χ0n) is 13.2. The SMILES string of the molecule is CC(N)(C(=O)NCCCOC1CCCC1)c1ccccc1.Cl. The van der Waals surface area contributed by atoms with Crippen molar-refractivity contribution in [2.45, 2.75) is 50.7 Å². The Morgan fingerprint density at radius 1 is 1.32 bits per heavy atom. The molecule has 0 spiro atoms. The van der Waals surface area contributed by atoms with Crippen molar-refractivity contribution in [2.75, 3.05) is 13.2 Å². The smallest absolute Gasteiger partial charge is 0.244 e. The summed E-state index contributed by atoms with van der Waals surface area (Å²) >= 11 is 0. The highest BCUT2D eigenvalue weighted by Crippen LogP contribution is 2.21. The summed E-state index contributed by atoms with van der Waals surface area (Å²) in [7, 11) is 0. The van der Waals surface area contributed by atoms with Crippen molar-refractivity contribution in [2.24, 2.45) is 5.73 Å². The Bertz CT molecular complexity index is 445. The molecule has 5 heteroatoms. The van der Waals surface area contributed by atoms with Crippen molar-refractivity contribution in [3.63, 3.8) is 0 Å². The van der Waals surface area contributed by atoms with Gasteiger partial charge in [0, 0.05) is 13.2 Å². The Balaban J connectivity index is 0.00000242. The summed E-state index contributed by atoms with van der Waals surface area (Å²) < 4.78 is 5.77. The van der Waals surface area contributed by atoms with Gasteiger partial charge < -0.3 is 15.8 Å². The minimum atomic E-state index is -0.992. The van der Waals surface area contributed by atoms with Crippen molar-refractivity contribution < 1.29 is 9.53 Å². The quantitative estimate of drug-likeness (QED) is 0.757. The van der Waals surface area contributed by atoms with Crippen LogP contribution in [0.4, 0.5) is 0 Å². The van der Waals surface area contributed by atoms with E-state index in [-0.39, 0.29) is 18.3 Å². The van der Waals surface area contributed by atoms with Gasteiger partial charge in [0.1, 0.15) is 5.54 Å². The lowest BCUT2D eigenvalue weighted by Gasteiger charge is -2.24. The monoisotopic (exact) mass is 326 g/mol. The van der Waals surface area contributed by atoms with E-state index in [2.05, 4.69) is 5.32 Å². The van der Waals surface area contributed by atoms with Crippen LogP contribution in [-0.4, -0.2) is 25.2 Å². The van der Waals surface area contributed by atoms with Gasteiger partial charge in [-0.1, -0.05) is 43.2 Å². The number of carbonyl (C=O) groups excluding carboxylic acids is 1. The van der Waals surface area contributed by atoms with Gasteiger partial charge in [-0.05, 0) is 31.7 Å². The van der Waals surface area contributed by atoms with Gasteiger partial charge in [0.2, 0.25) is 5.91 Å². The molecule has 1 atom stereocenters. The Labute approximate surface area is 139 Å². The molecule has 22 heavy (non-hydrogen) atoms. The van der Waals surface area contributed by atoms with Crippen LogP contribution in [-0.2, 0) is 15.1 Å². The number of nitrogens with two attached hydrogens (primary N) is 1. The highest BCUT2D eigenvalue weighted by molar-refractivity contribution is 5.86. The highest BCUT2D eigenvalue weighted by Gasteiger charge is 2.29. The summed E-state index contributed by atoms with van der Waals surface area (Å²) in [5.41, 5.74) is 5.98. The molecule has 0 bridgehead atoms. The minimum absolute atomic E-state index is 0. The van der Waals surface area contributed by atoms with Crippen LogP contribution in [0.1, 0.15) is 44.6 Å². The molecule has 1 aromatic rings. The van der Waals surface area contributed by atoms with E-state index >= 15 is 0 Å². The average molecular weight is 327 g/mol. The fourth-order valence-electron chi connectivity index (χ4n) is 2.68. The van der Waals surface area contributed by atoms with Crippen molar-refractivity contribution in [3.05, 3.63) is 35.9 Å². The molecule has 0 saturated heterocycles. The van der Waals surface area contributed by atoms with Crippen LogP contribution in [0, 0.1) is 0 Å². The van der Waals surface area contributed by atoms with Crippen LogP contribution < -0.4 is 11.1 Å². The topological polar surface area (TPSA) is 64.4 Å². The molecule has 3 N–H and O–H groups in total. The van der Waals surface area contributed by atoms with Crippen LogP contribution in [0.2, 0.25) is 0 Å². The van der Waals surface area contributed by atoms with Crippen LogP contribution in [0.15, 0.2) is 30.3 Å². The largest absolute Gasteiger partial charge is 0.378 e.